The maximum atomic E-state index is 4.77. The van der Waals surface area contributed by atoms with Crippen molar-refractivity contribution < 1.29 is 0 Å². The molecule has 0 bridgehead atoms. The van der Waals surface area contributed by atoms with Gasteiger partial charge in [0.25, 0.3) is 0 Å². The molecule has 0 aliphatic rings. The van der Waals surface area contributed by atoms with Gasteiger partial charge in [0.2, 0.25) is 0 Å². The van der Waals surface area contributed by atoms with Gasteiger partial charge in [-0.3, -0.25) is 4.99 Å². The van der Waals surface area contributed by atoms with Gasteiger partial charge in [0, 0.05) is 11.3 Å². The third-order valence-electron chi connectivity index (χ3n) is 6.05. The molecule has 1 heteroatoms. The van der Waals surface area contributed by atoms with Gasteiger partial charge >= 0.3 is 0 Å². The minimum absolute atomic E-state index is 1.01. The largest absolute Gasteiger partial charge is 0.253 e. The lowest BCUT2D eigenvalue weighted by molar-refractivity contribution is 1.14. The zero-order valence-corrected chi connectivity index (χ0v) is 29.2. The molecule has 0 N–H and O–H groups in total. The van der Waals surface area contributed by atoms with Crippen molar-refractivity contribution in [3.05, 3.63) is 148 Å². The molecule has 0 spiro atoms. The summed E-state index contributed by atoms with van der Waals surface area (Å²) < 4.78 is 0. The second-order valence-electron chi connectivity index (χ2n) is 10.00. The Morgan fingerprint density at radius 1 is 0.738 bits per heavy atom. The normalized spacial score (nSPS) is 10.4. The molecule has 42 heavy (non-hydrogen) atoms. The van der Waals surface area contributed by atoms with E-state index in [1.54, 1.807) is 0 Å². The highest BCUT2D eigenvalue weighted by Crippen LogP contribution is 2.15. The first-order chi connectivity index (χ1) is 20.0. The number of rotatable bonds is 6. The van der Waals surface area contributed by atoms with Crippen molar-refractivity contribution in [2.24, 2.45) is 4.99 Å². The van der Waals surface area contributed by atoms with Crippen molar-refractivity contribution in [1.82, 2.24) is 0 Å². The highest BCUT2D eigenvalue weighted by molar-refractivity contribution is 6.10. The second-order valence-corrected chi connectivity index (χ2v) is 10.00. The van der Waals surface area contributed by atoms with Crippen LogP contribution in [0.4, 0.5) is 0 Å². The van der Waals surface area contributed by atoms with Crippen molar-refractivity contribution in [2.45, 2.75) is 96.4 Å². The fraction of sp³-hybridized carbons (Fsp3) is 0.341. The number of hydrogen-bond acceptors (Lipinski definition) is 1. The summed E-state index contributed by atoms with van der Waals surface area (Å²) in [5, 5.41) is 0. The molecule has 228 valence electrons. The molecule has 0 saturated heterocycles. The van der Waals surface area contributed by atoms with Crippen LogP contribution >= 0.6 is 0 Å². The first kappa shape index (κ1) is 40.4. The molecular weight excluding hydrogens is 506 g/mol. The van der Waals surface area contributed by atoms with Gasteiger partial charge in [0.1, 0.15) is 0 Å². The Bertz CT molecular complexity index is 1280. The Balaban J connectivity index is 0. The lowest BCUT2D eigenvalue weighted by Crippen LogP contribution is -2.01. The Labute approximate surface area is 260 Å². The van der Waals surface area contributed by atoms with Crippen LogP contribution in [0, 0.1) is 20.8 Å². The van der Waals surface area contributed by atoms with Crippen molar-refractivity contribution in [3.8, 4) is 0 Å². The standard InChI is InChI=1S/C18H23N.C10H12.C9H12.2C2H6/c1-7-14(4)16(6)19-18(12-13(2)3)17-11-9-8-10-15(17)5;1-8(2)10-6-4-5-9(3)7-10;1-3-9-6-4-8(2)5-7-9;2*1-2/h7-12H,1H2,2-6H3;4-7H,1H2,2-3H3;4-7H,3H2,1-2H3;2*1-2H3/b16-14+,19-18?;;;;. The van der Waals surface area contributed by atoms with E-state index in [1.807, 2.05) is 54.5 Å². The molecule has 0 heterocycles. The van der Waals surface area contributed by atoms with Gasteiger partial charge in [-0.15, -0.1) is 0 Å². The van der Waals surface area contributed by atoms with E-state index in [4.69, 9.17) is 4.99 Å². The van der Waals surface area contributed by atoms with E-state index < -0.39 is 0 Å². The summed E-state index contributed by atoms with van der Waals surface area (Å²) in [7, 11) is 0. The molecular formula is C41H59N. The van der Waals surface area contributed by atoms with Crippen LogP contribution in [-0.2, 0) is 6.42 Å². The molecule has 3 aromatic carbocycles. The Morgan fingerprint density at radius 3 is 1.74 bits per heavy atom. The number of hydrogen-bond donors (Lipinski definition) is 0. The van der Waals surface area contributed by atoms with Crippen molar-refractivity contribution in [2.75, 3.05) is 0 Å². The van der Waals surface area contributed by atoms with E-state index in [1.165, 1.54) is 39.0 Å². The zero-order chi connectivity index (χ0) is 32.7. The summed E-state index contributed by atoms with van der Waals surface area (Å²) in [5.74, 6) is 0. The summed E-state index contributed by atoms with van der Waals surface area (Å²) >= 11 is 0. The third kappa shape index (κ3) is 17.2. The van der Waals surface area contributed by atoms with E-state index in [-0.39, 0.29) is 0 Å². The van der Waals surface area contributed by atoms with Crippen LogP contribution in [0.15, 0.2) is 120 Å². The molecule has 0 aliphatic heterocycles. The lowest BCUT2D eigenvalue weighted by atomic mass is 10.0. The van der Waals surface area contributed by atoms with Gasteiger partial charge < -0.3 is 0 Å². The number of allylic oxidation sites excluding steroid dienone is 6. The molecule has 3 rings (SSSR count). The van der Waals surface area contributed by atoms with E-state index in [0.29, 0.717) is 0 Å². The van der Waals surface area contributed by atoms with E-state index >= 15 is 0 Å². The summed E-state index contributed by atoms with van der Waals surface area (Å²) in [6.07, 6.45) is 5.11. The first-order valence-electron chi connectivity index (χ1n) is 15.4. The minimum Gasteiger partial charge on any atom is -0.253 e. The van der Waals surface area contributed by atoms with Crippen LogP contribution in [0.1, 0.15) is 103 Å². The maximum Gasteiger partial charge on any atom is 0.0707 e. The fourth-order valence-electron chi connectivity index (χ4n) is 3.45. The van der Waals surface area contributed by atoms with Crippen LogP contribution in [0.3, 0.4) is 0 Å². The monoisotopic (exact) mass is 565 g/mol. The van der Waals surface area contributed by atoms with Gasteiger partial charge in [0.15, 0.2) is 0 Å². The summed E-state index contributed by atoms with van der Waals surface area (Å²) in [5.41, 5.74) is 13.2. The van der Waals surface area contributed by atoms with Gasteiger partial charge in [-0.25, -0.2) is 0 Å². The molecule has 0 atom stereocenters. The third-order valence-corrected chi connectivity index (χ3v) is 6.05. The topological polar surface area (TPSA) is 12.4 Å². The van der Waals surface area contributed by atoms with Crippen LogP contribution in [0.2, 0.25) is 0 Å². The van der Waals surface area contributed by atoms with Gasteiger partial charge in [-0.05, 0) is 90.2 Å². The smallest absolute Gasteiger partial charge is 0.0707 e. The van der Waals surface area contributed by atoms with Crippen LogP contribution in [0.25, 0.3) is 5.57 Å². The molecule has 0 amide bonds. The molecule has 0 unspecified atom stereocenters. The quantitative estimate of drug-likeness (QED) is 0.208. The van der Waals surface area contributed by atoms with Gasteiger partial charge in [-0.2, -0.15) is 0 Å². The van der Waals surface area contributed by atoms with E-state index in [0.717, 1.165) is 29.0 Å². The van der Waals surface area contributed by atoms with Crippen molar-refractivity contribution in [3.63, 3.8) is 0 Å². The van der Waals surface area contributed by atoms with Crippen LogP contribution in [-0.4, -0.2) is 5.71 Å². The number of aryl methyl sites for hydroxylation is 4. The van der Waals surface area contributed by atoms with E-state index in [9.17, 15) is 0 Å². The zero-order valence-electron chi connectivity index (χ0n) is 29.2. The number of nitrogens with zero attached hydrogens (tertiary/aromatic N) is 1. The Morgan fingerprint density at radius 2 is 1.31 bits per heavy atom. The van der Waals surface area contributed by atoms with Gasteiger partial charge in [0.05, 0.1) is 5.71 Å². The molecule has 0 aliphatic carbocycles. The minimum atomic E-state index is 1.01. The summed E-state index contributed by atoms with van der Waals surface area (Å²) in [4.78, 5) is 4.77. The highest BCUT2D eigenvalue weighted by atomic mass is 14.8. The van der Waals surface area contributed by atoms with Gasteiger partial charge in [-0.1, -0.05) is 149 Å². The number of aliphatic imine (C=N–C) groups is 1. The molecule has 0 fully saturated rings. The number of benzene rings is 3. The predicted molar refractivity (Wildman–Crippen MR) is 195 cm³/mol. The fourth-order valence-corrected chi connectivity index (χ4v) is 3.45. The van der Waals surface area contributed by atoms with Crippen molar-refractivity contribution in [1.29, 1.82) is 0 Å². The SMILES string of the molecule is C=C(C)c1cccc(C)c1.C=C/C(C)=C(\C)N=C(C=C(C)C)c1ccccc1C.CC.CC.CCc1ccc(C)cc1. The molecule has 0 aromatic heterocycles. The molecule has 0 saturated carbocycles. The Hall–Kier alpha value is -3.71. The summed E-state index contributed by atoms with van der Waals surface area (Å²) in [6, 6.07) is 25.4. The average Bonchev–Trinajstić information content (AvgIpc) is 2.99. The maximum absolute atomic E-state index is 4.77. The second kappa shape index (κ2) is 23.9. The molecule has 0 radical (unpaired) electrons. The van der Waals surface area contributed by atoms with Crippen molar-refractivity contribution >= 4 is 11.3 Å². The Kier molecular flexibility index (Phi) is 23.0. The highest BCUT2D eigenvalue weighted by Gasteiger charge is 2.04. The molecule has 1 nitrogen and oxygen atoms in total. The van der Waals surface area contributed by atoms with E-state index in [2.05, 4.69) is 134 Å². The average molecular weight is 566 g/mol. The van der Waals surface area contributed by atoms with Crippen LogP contribution < -0.4 is 0 Å². The molecule has 3 aromatic rings. The lowest BCUT2D eigenvalue weighted by Gasteiger charge is -2.08. The predicted octanol–water partition coefficient (Wildman–Crippen LogP) is 12.9. The van der Waals surface area contributed by atoms with Crippen LogP contribution in [0.5, 0.6) is 0 Å². The first-order valence-corrected chi connectivity index (χ1v) is 15.4. The summed E-state index contributed by atoms with van der Waals surface area (Å²) in [6.45, 7) is 34.4.